The summed E-state index contributed by atoms with van der Waals surface area (Å²) in [6.45, 7) is 2.52. The summed E-state index contributed by atoms with van der Waals surface area (Å²) in [6.07, 6.45) is 2.39. The molecule has 0 bridgehead atoms. The maximum absolute atomic E-state index is 11.0. The highest BCUT2D eigenvalue weighted by atomic mass is 16.5. The molecule has 1 fully saturated rings. The van der Waals surface area contributed by atoms with Gasteiger partial charge in [-0.1, -0.05) is 36.4 Å². The van der Waals surface area contributed by atoms with Crippen LogP contribution in [0.4, 0.5) is 0 Å². The molecule has 30 heavy (non-hydrogen) atoms. The minimum atomic E-state index is -0.920. The Morgan fingerprint density at radius 3 is 2.00 bits per heavy atom. The summed E-state index contributed by atoms with van der Waals surface area (Å²) in [7, 11) is 0. The molecule has 1 aliphatic rings. The number of aromatic carboxylic acids is 1. The smallest absolute Gasteiger partial charge is 0.335 e. The molecule has 0 aromatic heterocycles. The highest BCUT2D eigenvalue weighted by Crippen LogP contribution is 2.24. The maximum Gasteiger partial charge on any atom is 0.335 e. The van der Waals surface area contributed by atoms with E-state index < -0.39 is 5.97 Å². The summed E-state index contributed by atoms with van der Waals surface area (Å²) in [5.41, 5.74) is 3.35. The van der Waals surface area contributed by atoms with Crippen LogP contribution in [-0.4, -0.2) is 30.3 Å². The molecule has 4 rings (SSSR count). The van der Waals surface area contributed by atoms with Crippen LogP contribution in [0.2, 0.25) is 0 Å². The summed E-state index contributed by atoms with van der Waals surface area (Å²) < 4.78 is 11.9. The van der Waals surface area contributed by atoms with Gasteiger partial charge in [0.05, 0.1) is 5.56 Å². The molecule has 0 radical (unpaired) electrons. The Morgan fingerprint density at radius 1 is 0.833 bits per heavy atom. The van der Waals surface area contributed by atoms with Crippen LogP contribution < -0.4 is 14.8 Å². The van der Waals surface area contributed by atoms with Crippen molar-refractivity contribution in [2.45, 2.75) is 25.6 Å². The van der Waals surface area contributed by atoms with Crippen LogP contribution in [0.25, 0.3) is 11.1 Å². The molecular formula is C25H25NO4. The minimum Gasteiger partial charge on any atom is -0.490 e. The summed E-state index contributed by atoms with van der Waals surface area (Å²) in [6, 6.07) is 22.7. The second kappa shape index (κ2) is 9.46. The zero-order valence-electron chi connectivity index (χ0n) is 16.7. The van der Waals surface area contributed by atoms with Gasteiger partial charge in [-0.25, -0.2) is 4.79 Å². The Labute approximate surface area is 176 Å². The van der Waals surface area contributed by atoms with E-state index in [9.17, 15) is 4.79 Å². The lowest BCUT2D eigenvalue weighted by molar-refractivity contribution is 0.0697. The van der Waals surface area contributed by atoms with Crippen molar-refractivity contribution in [1.82, 2.24) is 5.32 Å². The Balaban J connectivity index is 1.31. The average Bonchev–Trinajstić information content (AvgIpc) is 2.80. The fourth-order valence-corrected chi connectivity index (χ4v) is 3.49. The number of nitrogens with one attached hydrogen (secondary N) is 1. The Hall–Kier alpha value is -3.31. The molecule has 1 heterocycles. The molecular weight excluding hydrogens is 378 g/mol. The third kappa shape index (κ3) is 5.19. The summed E-state index contributed by atoms with van der Waals surface area (Å²) in [5.74, 6) is 0.774. The van der Waals surface area contributed by atoms with Crippen molar-refractivity contribution in [3.63, 3.8) is 0 Å². The quantitative estimate of drug-likeness (QED) is 0.595. The third-order valence-electron chi connectivity index (χ3n) is 5.24. The number of benzene rings is 3. The van der Waals surface area contributed by atoms with Gasteiger partial charge in [0, 0.05) is 0 Å². The largest absolute Gasteiger partial charge is 0.490 e. The van der Waals surface area contributed by atoms with Crippen LogP contribution in [0.15, 0.2) is 72.8 Å². The van der Waals surface area contributed by atoms with E-state index >= 15 is 0 Å². The van der Waals surface area contributed by atoms with E-state index in [1.807, 2.05) is 60.7 Å². The van der Waals surface area contributed by atoms with Crippen LogP contribution in [0.5, 0.6) is 11.5 Å². The number of carbonyl (C=O) groups is 1. The standard InChI is InChI=1S/C25H25NO4/c27-25(28)21-5-3-19(4-6-21)20-7-11-22(12-8-20)29-17-18-1-9-23(10-2-18)30-24-13-15-26-16-14-24/h1-12,24,26H,13-17H2,(H,27,28). The number of carboxylic acid groups (broad SMARTS) is 1. The van der Waals surface area contributed by atoms with Crippen molar-refractivity contribution in [1.29, 1.82) is 0 Å². The Bertz CT molecular complexity index is 960. The van der Waals surface area contributed by atoms with Crippen molar-refractivity contribution >= 4 is 5.97 Å². The molecule has 0 saturated carbocycles. The number of piperidine rings is 1. The van der Waals surface area contributed by atoms with Gasteiger partial charge in [0.1, 0.15) is 24.2 Å². The molecule has 0 amide bonds. The first-order chi connectivity index (χ1) is 14.7. The molecule has 1 saturated heterocycles. The molecule has 154 valence electrons. The summed E-state index contributed by atoms with van der Waals surface area (Å²) >= 11 is 0. The molecule has 5 heteroatoms. The number of carboxylic acids is 1. The van der Waals surface area contributed by atoms with Gasteiger partial charge in [-0.2, -0.15) is 0 Å². The Morgan fingerprint density at radius 2 is 1.40 bits per heavy atom. The van der Waals surface area contributed by atoms with E-state index in [1.165, 1.54) is 0 Å². The first kappa shape index (κ1) is 20.0. The second-order valence-electron chi connectivity index (χ2n) is 7.41. The highest BCUT2D eigenvalue weighted by molar-refractivity contribution is 5.88. The SMILES string of the molecule is O=C(O)c1ccc(-c2ccc(OCc3ccc(OC4CCNCC4)cc3)cc2)cc1. The van der Waals surface area contributed by atoms with Gasteiger partial charge in [-0.3, -0.25) is 0 Å². The fourth-order valence-electron chi connectivity index (χ4n) is 3.49. The maximum atomic E-state index is 11.0. The zero-order chi connectivity index (χ0) is 20.8. The lowest BCUT2D eigenvalue weighted by Gasteiger charge is -2.23. The molecule has 5 nitrogen and oxygen atoms in total. The van der Waals surface area contributed by atoms with E-state index in [4.69, 9.17) is 14.6 Å². The molecule has 3 aromatic rings. The first-order valence-corrected chi connectivity index (χ1v) is 10.2. The van der Waals surface area contributed by atoms with Crippen LogP contribution in [-0.2, 0) is 6.61 Å². The number of hydrogen-bond acceptors (Lipinski definition) is 4. The highest BCUT2D eigenvalue weighted by Gasteiger charge is 2.14. The summed E-state index contributed by atoms with van der Waals surface area (Å²) in [4.78, 5) is 11.0. The number of ether oxygens (including phenoxy) is 2. The van der Waals surface area contributed by atoms with Crippen LogP contribution >= 0.6 is 0 Å². The third-order valence-corrected chi connectivity index (χ3v) is 5.24. The molecule has 0 aliphatic carbocycles. The van der Waals surface area contributed by atoms with Gasteiger partial charge >= 0.3 is 5.97 Å². The van der Waals surface area contributed by atoms with E-state index in [2.05, 4.69) is 5.32 Å². The van der Waals surface area contributed by atoms with E-state index in [0.29, 0.717) is 12.7 Å². The van der Waals surface area contributed by atoms with Crippen molar-refractivity contribution in [2.24, 2.45) is 0 Å². The number of rotatable bonds is 7. The normalized spacial score (nSPS) is 14.3. The second-order valence-corrected chi connectivity index (χ2v) is 7.41. The molecule has 2 N–H and O–H groups in total. The van der Waals surface area contributed by atoms with E-state index in [1.54, 1.807) is 12.1 Å². The predicted molar refractivity (Wildman–Crippen MR) is 116 cm³/mol. The molecule has 0 unspecified atom stereocenters. The van der Waals surface area contributed by atoms with Gasteiger partial charge in [-0.15, -0.1) is 0 Å². The average molecular weight is 403 g/mol. The minimum absolute atomic E-state index is 0.283. The van der Waals surface area contributed by atoms with E-state index in [0.717, 1.165) is 54.1 Å². The van der Waals surface area contributed by atoms with Gasteiger partial charge < -0.3 is 19.9 Å². The summed E-state index contributed by atoms with van der Waals surface area (Å²) in [5, 5.41) is 12.3. The van der Waals surface area contributed by atoms with Crippen molar-refractivity contribution in [3.05, 3.63) is 83.9 Å². The lowest BCUT2D eigenvalue weighted by Crippen LogP contribution is -2.34. The monoisotopic (exact) mass is 403 g/mol. The predicted octanol–water partition coefficient (Wildman–Crippen LogP) is 4.76. The zero-order valence-corrected chi connectivity index (χ0v) is 16.7. The van der Waals surface area contributed by atoms with Gasteiger partial charge in [0.25, 0.3) is 0 Å². The number of hydrogen-bond donors (Lipinski definition) is 2. The van der Waals surface area contributed by atoms with Crippen LogP contribution in [0.1, 0.15) is 28.8 Å². The fraction of sp³-hybridized carbons (Fsp3) is 0.240. The van der Waals surface area contributed by atoms with Gasteiger partial charge in [-0.05, 0) is 79.0 Å². The molecule has 0 spiro atoms. The molecule has 0 atom stereocenters. The van der Waals surface area contributed by atoms with E-state index in [-0.39, 0.29) is 5.56 Å². The first-order valence-electron chi connectivity index (χ1n) is 10.2. The van der Waals surface area contributed by atoms with Crippen LogP contribution in [0.3, 0.4) is 0 Å². The molecule has 3 aromatic carbocycles. The van der Waals surface area contributed by atoms with Gasteiger partial charge in [0.2, 0.25) is 0 Å². The van der Waals surface area contributed by atoms with Crippen molar-refractivity contribution < 1.29 is 19.4 Å². The van der Waals surface area contributed by atoms with Gasteiger partial charge in [0.15, 0.2) is 0 Å². The lowest BCUT2D eigenvalue weighted by atomic mass is 10.0. The van der Waals surface area contributed by atoms with Crippen molar-refractivity contribution in [2.75, 3.05) is 13.1 Å². The topological polar surface area (TPSA) is 67.8 Å². The van der Waals surface area contributed by atoms with Crippen molar-refractivity contribution in [3.8, 4) is 22.6 Å². The van der Waals surface area contributed by atoms with Crippen LogP contribution in [0, 0.1) is 0 Å². The molecule has 1 aliphatic heterocycles. The Kier molecular flexibility index (Phi) is 6.30.